The van der Waals surface area contributed by atoms with Gasteiger partial charge in [-0.2, -0.15) is 18.3 Å². The zero-order valence-corrected chi connectivity index (χ0v) is 12.4. The fraction of sp³-hybridized carbons (Fsp3) is 0.500. The lowest BCUT2D eigenvalue weighted by molar-refractivity contribution is -0.138. The summed E-state index contributed by atoms with van der Waals surface area (Å²) in [4.78, 5) is 12.4. The van der Waals surface area contributed by atoms with Crippen LogP contribution in [-0.2, 0) is 11.0 Å². The minimum absolute atomic E-state index is 0.00283. The minimum atomic E-state index is -4.46. The van der Waals surface area contributed by atoms with Gasteiger partial charge in [0.05, 0.1) is 23.2 Å². The zero-order chi connectivity index (χ0) is 16.1. The van der Waals surface area contributed by atoms with E-state index >= 15 is 0 Å². The van der Waals surface area contributed by atoms with Crippen LogP contribution in [0, 0.1) is 11.3 Å². The third kappa shape index (κ3) is 2.51. The molecule has 1 aliphatic heterocycles. The largest absolute Gasteiger partial charge is 0.417 e. The van der Waals surface area contributed by atoms with E-state index in [1.807, 2.05) is 13.8 Å². The first-order valence-corrected chi connectivity index (χ1v) is 7.21. The number of rotatable bonds is 1. The number of Topliss-reactive ketones (excluding diaryl/α,β-unsaturated/α-hetero) is 1. The number of halogens is 3. The Morgan fingerprint density at radius 1 is 1.27 bits per heavy atom. The highest BCUT2D eigenvalue weighted by Gasteiger charge is 2.47. The molecule has 0 spiro atoms. The van der Waals surface area contributed by atoms with Gasteiger partial charge in [-0.3, -0.25) is 4.79 Å². The molecular weight excluding hydrogens is 293 g/mol. The van der Waals surface area contributed by atoms with Crippen molar-refractivity contribution in [1.29, 1.82) is 0 Å². The van der Waals surface area contributed by atoms with Crippen molar-refractivity contribution < 1.29 is 18.0 Å². The predicted octanol–water partition coefficient (Wildman–Crippen LogP) is 3.39. The number of nitrogens with one attached hydrogen (secondary N) is 1. The van der Waals surface area contributed by atoms with Crippen molar-refractivity contribution in [2.24, 2.45) is 16.4 Å². The van der Waals surface area contributed by atoms with Gasteiger partial charge in [-0.15, -0.1) is 0 Å². The summed E-state index contributed by atoms with van der Waals surface area (Å²) in [6.07, 6.45) is -3.39. The molecule has 0 bridgehead atoms. The molecule has 1 fully saturated rings. The summed E-state index contributed by atoms with van der Waals surface area (Å²) in [5.74, 6) is -0.626. The Balaban J connectivity index is 2.00. The van der Waals surface area contributed by atoms with E-state index in [1.54, 1.807) is 0 Å². The average Bonchev–Trinajstić information content (AvgIpc) is 2.80. The van der Waals surface area contributed by atoms with Crippen LogP contribution in [0.25, 0.3) is 0 Å². The Kier molecular flexibility index (Phi) is 3.30. The Bertz CT molecular complexity index is 649. The molecule has 3 rings (SSSR count). The van der Waals surface area contributed by atoms with E-state index in [1.165, 1.54) is 18.2 Å². The second kappa shape index (κ2) is 4.83. The van der Waals surface area contributed by atoms with Crippen LogP contribution < -0.4 is 5.43 Å². The van der Waals surface area contributed by atoms with Crippen molar-refractivity contribution >= 4 is 11.5 Å². The number of carbonyl (C=O) groups excluding carboxylic acids is 1. The Morgan fingerprint density at radius 2 is 1.95 bits per heavy atom. The summed E-state index contributed by atoms with van der Waals surface area (Å²) in [7, 11) is 0. The molecule has 0 saturated heterocycles. The third-order valence-corrected chi connectivity index (χ3v) is 4.33. The van der Waals surface area contributed by atoms with Gasteiger partial charge in [-0.25, -0.2) is 0 Å². The second-order valence-electron chi connectivity index (χ2n) is 6.77. The van der Waals surface area contributed by atoms with Crippen molar-refractivity contribution in [3.63, 3.8) is 0 Å². The van der Waals surface area contributed by atoms with E-state index in [9.17, 15) is 18.0 Å². The number of hydrogen-bond acceptors (Lipinski definition) is 3. The van der Waals surface area contributed by atoms with E-state index < -0.39 is 17.7 Å². The smallest absolute Gasteiger partial charge is 0.306 e. The Hall–Kier alpha value is -1.85. The van der Waals surface area contributed by atoms with Gasteiger partial charge in [0.25, 0.3) is 0 Å². The average molecular weight is 310 g/mol. The maximum atomic E-state index is 13.2. The first kappa shape index (κ1) is 15.1. The molecule has 0 radical (unpaired) electrons. The van der Waals surface area contributed by atoms with Crippen LogP contribution in [-0.4, -0.2) is 17.5 Å². The summed E-state index contributed by atoms with van der Waals surface area (Å²) in [6.45, 7) is 3.98. The van der Waals surface area contributed by atoms with Crippen LogP contribution in [0.5, 0.6) is 0 Å². The van der Waals surface area contributed by atoms with Crippen LogP contribution in [0.3, 0.4) is 0 Å². The molecule has 1 aromatic carbocycles. The van der Waals surface area contributed by atoms with Crippen molar-refractivity contribution in [3.8, 4) is 0 Å². The lowest BCUT2D eigenvalue weighted by Gasteiger charge is -2.36. The number of fused-ring (bicyclic) bond motifs is 1. The number of benzene rings is 1. The summed E-state index contributed by atoms with van der Waals surface area (Å²) >= 11 is 0. The number of alkyl halides is 3. The molecule has 2 aliphatic rings. The number of carbonyl (C=O) groups is 1. The van der Waals surface area contributed by atoms with E-state index in [4.69, 9.17) is 0 Å². The van der Waals surface area contributed by atoms with Gasteiger partial charge >= 0.3 is 6.18 Å². The lowest BCUT2D eigenvalue weighted by Crippen LogP contribution is -2.45. The number of nitrogens with zero attached hydrogens (tertiary/aromatic N) is 1. The molecule has 118 valence electrons. The molecule has 3 nitrogen and oxygen atoms in total. The maximum absolute atomic E-state index is 13.2. The Labute approximate surface area is 126 Å². The first-order chi connectivity index (χ1) is 10.2. The molecule has 1 aliphatic carbocycles. The Morgan fingerprint density at radius 3 is 2.64 bits per heavy atom. The fourth-order valence-electron chi connectivity index (χ4n) is 3.46. The molecule has 0 amide bonds. The molecule has 22 heavy (non-hydrogen) atoms. The van der Waals surface area contributed by atoms with Crippen LogP contribution in [0.1, 0.15) is 37.8 Å². The fourth-order valence-corrected chi connectivity index (χ4v) is 3.46. The highest BCUT2D eigenvalue weighted by atomic mass is 19.4. The van der Waals surface area contributed by atoms with Crippen LogP contribution >= 0.6 is 0 Å². The molecule has 1 heterocycles. The standard InChI is InChI=1S/C16H17F3N2O/c1-15(2)7-11-13(12(22)8-15)14(21-20-11)9-5-3-4-6-10(9)16(17,18)19/h3-6,11,13,20H,7-8H2,1-2H3/t11-,13+/m1/s1. The van der Waals surface area contributed by atoms with Gasteiger partial charge in [0.15, 0.2) is 0 Å². The molecule has 6 heteroatoms. The summed E-state index contributed by atoms with van der Waals surface area (Å²) < 4.78 is 39.6. The van der Waals surface area contributed by atoms with E-state index in [0.29, 0.717) is 12.8 Å². The predicted molar refractivity (Wildman–Crippen MR) is 76.4 cm³/mol. The van der Waals surface area contributed by atoms with Crippen LogP contribution in [0.2, 0.25) is 0 Å². The minimum Gasteiger partial charge on any atom is -0.306 e. The molecule has 1 aromatic rings. The maximum Gasteiger partial charge on any atom is 0.417 e. The van der Waals surface area contributed by atoms with Crippen LogP contribution in [0.15, 0.2) is 29.4 Å². The highest BCUT2D eigenvalue weighted by Crippen LogP contribution is 2.41. The molecule has 2 atom stereocenters. The van der Waals surface area contributed by atoms with Crippen LogP contribution in [0.4, 0.5) is 13.2 Å². The van der Waals surface area contributed by atoms with Crippen molar-refractivity contribution in [2.45, 2.75) is 38.9 Å². The second-order valence-corrected chi connectivity index (χ2v) is 6.77. The SMILES string of the molecule is CC1(C)CC(=O)[C@H]2C(c3ccccc3C(F)(F)F)=NN[C@@H]2C1. The molecular formula is C16H17F3N2O. The highest BCUT2D eigenvalue weighted by molar-refractivity contribution is 6.16. The number of ketones is 1. The molecule has 0 aromatic heterocycles. The quantitative estimate of drug-likeness (QED) is 0.864. The molecule has 0 unspecified atom stereocenters. The lowest BCUT2D eigenvalue weighted by atomic mass is 9.68. The van der Waals surface area contributed by atoms with Gasteiger partial charge < -0.3 is 5.43 Å². The van der Waals surface area contributed by atoms with Gasteiger partial charge in [-0.1, -0.05) is 32.0 Å². The number of hydrazone groups is 1. The van der Waals surface area contributed by atoms with E-state index in [0.717, 1.165) is 6.07 Å². The first-order valence-electron chi connectivity index (χ1n) is 7.21. The topological polar surface area (TPSA) is 41.5 Å². The molecule has 1 N–H and O–H groups in total. The van der Waals surface area contributed by atoms with Gasteiger partial charge in [0, 0.05) is 12.0 Å². The monoisotopic (exact) mass is 310 g/mol. The summed E-state index contributed by atoms with van der Waals surface area (Å²) in [6, 6.07) is 5.09. The molecule has 1 saturated carbocycles. The summed E-state index contributed by atoms with van der Waals surface area (Å²) in [5.41, 5.74) is 2.20. The zero-order valence-electron chi connectivity index (χ0n) is 12.4. The van der Waals surface area contributed by atoms with Gasteiger partial charge in [-0.05, 0) is 17.9 Å². The third-order valence-electron chi connectivity index (χ3n) is 4.33. The van der Waals surface area contributed by atoms with E-state index in [2.05, 4.69) is 10.5 Å². The summed E-state index contributed by atoms with van der Waals surface area (Å²) in [5, 5.41) is 4.09. The van der Waals surface area contributed by atoms with Gasteiger partial charge in [0.2, 0.25) is 0 Å². The number of hydrogen-bond donors (Lipinski definition) is 1. The van der Waals surface area contributed by atoms with Crippen molar-refractivity contribution in [2.75, 3.05) is 0 Å². The normalized spacial score (nSPS) is 27.1. The van der Waals surface area contributed by atoms with Crippen molar-refractivity contribution in [3.05, 3.63) is 35.4 Å². The van der Waals surface area contributed by atoms with E-state index in [-0.39, 0.29) is 28.5 Å². The van der Waals surface area contributed by atoms with Gasteiger partial charge in [0.1, 0.15) is 5.78 Å². The van der Waals surface area contributed by atoms with Crippen molar-refractivity contribution in [1.82, 2.24) is 5.43 Å².